The highest BCUT2D eigenvalue weighted by Crippen LogP contribution is 2.82. The molecule has 3 rings (SSSR count). The molecule has 1 aliphatic carbocycles. The molecule has 2 unspecified atom stereocenters. The van der Waals surface area contributed by atoms with E-state index in [0.717, 1.165) is 5.54 Å². The number of quaternary nitrogens is 1. The van der Waals surface area contributed by atoms with Gasteiger partial charge in [0.25, 0.3) is 0 Å². The standard InChI is InChI=1S/C5H8N/c1-6-3-5(6)2-4(5)6/h4H,2-3H2,1H3/q+1/t4?,5-,6?/m0/s1. The first-order valence-electron chi connectivity index (χ1n) is 2.65. The molecule has 0 N–H and O–H groups in total. The Morgan fingerprint density at radius 1 is 1.83 bits per heavy atom. The van der Waals surface area contributed by atoms with Crippen LogP contribution in [0.4, 0.5) is 0 Å². The summed E-state index contributed by atoms with van der Waals surface area (Å²) < 4.78 is 1.48. The molecule has 2 heterocycles. The van der Waals surface area contributed by atoms with Crippen molar-refractivity contribution in [1.29, 1.82) is 0 Å². The third-order valence-corrected chi connectivity index (χ3v) is 3.14. The summed E-state index contributed by atoms with van der Waals surface area (Å²) in [5.41, 5.74) is 0.958. The van der Waals surface area contributed by atoms with Gasteiger partial charge >= 0.3 is 0 Å². The minimum atomic E-state index is 0.958. The minimum absolute atomic E-state index is 0.958. The molecule has 0 aromatic carbocycles. The van der Waals surface area contributed by atoms with Crippen LogP contribution >= 0.6 is 0 Å². The number of nitrogens with zero attached hydrogens (tertiary/aromatic N) is 1. The molecule has 1 nitrogen and oxygen atoms in total. The predicted octanol–water partition coefficient (Wildman–Crippen LogP) is -0.0287. The fourth-order valence-electron chi connectivity index (χ4n) is 2.11. The molecule has 0 bridgehead atoms. The van der Waals surface area contributed by atoms with Gasteiger partial charge in [0.15, 0.2) is 6.04 Å². The van der Waals surface area contributed by atoms with E-state index in [1.165, 1.54) is 17.1 Å². The van der Waals surface area contributed by atoms with E-state index in [9.17, 15) is 0 Å². The molecule has 3 atom stereocenters. The topological polar surface area (TPSA) is 0 Å². The van der Waals surface area contributed by atoms with Crippen molar-refractivity contribution < 1.29 is 4.48 Å². The first-order valence-corrected chi connectivity index (χ1v) is 2.65. The van der Waals surface area contributed by atoms with E-state index in [2.05, 4.69) is 7.05 Å². The van der Waals surface area contributed by atoms with Crippen molar-refractivity contribution in [3.8, 4) is 0 Å². The van der Waals surface area contributed by atoms with Crippen molar-refractivity contribution in [3.63, 3.8) is 0 Å². The largest absolute Gasteiger partial charge is 0.298 e. The van der Waals surface area contributed by atoms with E-state index in [0.29, 0.717) is 0 Å². The van der Waals surface area contributed by atoms with Crippen LogP contribution in [0, 0.1) is 0 Å². The van der Waals surface area contributed by atoms with Crippen molar-refractivity contribution in [2.75, 3.05) is 13.6 Å². The van der Waals surface area contributed by atoms with Crippen LogP contribution in [0.2, 0.25) is 0 Å². The van der Waals surface area contributed by atoms with Crippen LogP contribution < -0.4 is 0 Å². The van der Waals surface area contributed by atoms with E-state index in [1.807, 2.05) is 0 Å². The normalized spacial score (nSPS) is 90.5. The summed E-state index contributed by atoms with van der Waals surface area (Å²) >= 11 is 0. The summed E-state index contributed by atoms with van der Waals surface area (Å²) in [6.45, 7) is 1.53. The molecule has 32 valence electrons. The van der Waals surface area contributed by atoms with E-state index >= 15 is 0 Å². The number of rotatable bonds is 0. The fraction of sp³-hybridized carbons (Fsp3) is 1.00. The van der Waals surface area contributed by atoms with Crippen molar-refractivity contribution in [2.24, 2.45) is 0 Å². The van der Waals surface area contributed by atoms with Crippen LogP contribution in [-0.2, 0) is 0 Å². The molecule has 2 saturated heterocycles. The van der Waals surface area contributed by atoms with Gasteiger partial charge in [-0.3, -0.25) is 4.48 Å². The van der Waals surface area contributed by atoms with Gasteiger partial charge in [0.1, 0.15) is 6.54 Å². The van der Waals surface area contributed by atoms with Crippen LogP contribution in [0.15, 0.2) is 0 Å². The summed E-state index contributed by atoms with van der Waals surface area (Å²) in [6, 6.07) is 1.18. The van der Waals surface area contributed by atoms with Crippen molar-refractivity contribution in [1.82, 2.24) is 0 Å². The fourth-order valence-corrected chi connectivity index (χ4v) is 2.11. The predicted molar refractivity (Wildman–Crippen MR) is 22.2 cm³/mol. The van der Waals surface area contributed by atoms with Gasteiger partial charge in [-0.15, -0.1) is 0 Å². The molecule has 2 aliphatic heterocycles. The molecule has 0 aromatic heterocycles. The molecule has 1 heteroatoms. The second kappa shape index (κ2) is 0.270. The molecule has 0 amide bonds. The average Bonchev–Trinajstić information content (AvgIpc) is 2.27. The Hall–Kier alpha value is -0.0400. The highest BCUT2D eigenvalue weighted by Gasteiger charge is 3.07. The molecule has 3 aliphatic rings. The van der Waals surface area contributed by atoms with E-state index in [-0.39, 0.29) is 0 Å². The molecule has 6 heavy (non-hydrogen) atoms. The zero-order valence-corrected chi connectivity index (χ0v) is 3.94. The van der Waals surface area contributed by atoms with E-state index < -0.39 is 0 Å². The third-order valence-electron chi connectivity index (χ3n) is 3.14. The Bertz CT molecular complexity index is 135. The highest BCUT2D eigenvalue weighted by molar-refractivity contribution is 5.33. The summed E-state index contributed by atoms with van der Waals surface area (Å²) in [5.74, 6) is 0. The van der Waals surface area contributed by atoms with Crippen LogP contribution in [0.25, 0.3) is 0 Å². The summed E-state index contributed by atoms with van der Waals surface area (Å²) in [5, 5.41) is 0. The summed E-state index contributed by atoms with van der Waals surface area (Å²) in [6.07, 6.45) is 1.57. The maximum atomic E-state index is 2.37. The van der Waals surface area contributed by atoms with Gasteiger partial charge in [0, 0.05) is 0 Å². The van der Waals surface area contributed by atoms with Crippen molar-refractivity contribution in [2.45, 2.75) is 18.0 Å². The van der Waals surface area contributed by atoms with E-state index in [1.54, 1.807) is 6.42 Å². The maximum Gasteiger partial charge on any atom is 0.207 e. The van der Waals surface area contributed by atoms with Crippen LogP contribution in [0.3, 0.4) is 0 Å². The Labute approximate surface area is 37.2 Å². The van der Waals surface area contributed by atoms with Gasteiger partial charge in [-0.05, 0) is 0 Å². The summed E-state index contributed by atoms with van der Waals surface area (Å²) in [4.78, 5) is 0. The molecule has 0 radical (unpaired) electrons. The van der Waals surface area contributed by atoms with E-state index in [4.69, 9.17) is 0 Å². The molecule has 3 fully saturated rings. The lowest BCUT2D eigenvalue weighted by molar-refractivity contribution is -0.722. The SMILES string of the molecule is C[N+]12C[C@]13CC32. The lowest BCUT2D eigenvalue weighted by Gasteiger charge is -1.94. The molecule has 1 saturated carbocycles. The lowest BCUT2D eigenvalue weighted by Crippen LogP contribution is -2.10. The van der Waals surface area contributed by atoms with Gasteiger partial charge < -0.3 is 0 Å². The molecular formula is C5H8N+. The average molecular weight is 82.1 g/mol. The van der Waals surface area contributed by atoms with Gasteiger partial charge in [0.05, 0.1) is 13.5 Å². The number of fused-ring (bicyclic) bond motifs is 1. The molecular weight excluding hydrogens is 74.1 g/mol. The minimum Gasteiger partial charge on any atom is -0.298 e. The van der Waals surface area contributed by atoms with Gasteiger partial charge in [0.2, 0.25) is 5.54 Å². The zero-order chi connectivity index (χ0) is 3.99. The van der Waals surface area contributed by atoms with Gasteiger partial charge in [-0.1, -0.05) is 0 Å². The number of hydrogen-bond donors (Lipinski definition) is 0. The Morgan fingerprint density at radius 3 is 2.33 bits per heavy atom. The van der Waals surface area contributed by atoms with Crippen LogP contribution in [0.1, 0.15) is 6.42 Å². The lowest BCUT2D eigenvalue weighted by atomic mass is 10.5. The van der Waals surface area contributed by atoms with Crippen molar-refractivity contribution in [3.05, 3.63) is 0 Å². The smallest absolute Gasteiger partial charge is 0.207 e. The second-order valence-electron chi connectivity index (χ2n) is 3.25. The number of hydrogen-bond acceptors (Lipinski definition) is 0. The van der Waals surface area contributed by atoms with Crippen LogP contribution in [0.5, 0.6) is 0 Å². The molecule has 1 spiro atoms. The third kappa shape index (κ3) is 0.0515. The second-order valence-corrected chi connectivity index (χ2v) is 3.25. The van der Waals surface area contributed by atoms with Gasteiger partial charge in [-0.25, -0.2) is 0 Å². The molecule has 0 aromatic rings. The highest BCUT2D eigenvalue weighted by atomic mass is 15.8. The zero-order valence-electron chi connectivity index (χ0n) is 3.94. The van der Waals surface area contributed by atoms with Crippen molar-refractivity contribution >= 4 is 0 Å². The Balaban J connectivity index is 2.31. The Morgan fingerprint density at radius 2 is 2.33 bits per heavy atom. The Kier molecular flexibility index (Phi) is 0.104. The first-order chi connectivity index (χ1) is 2.80. The van der Waals surface area contributed by atoms with Gasteiger partial charge in [-0.2, -0.15) is 0 Å². The number of likely N-dealkylation sites (N-methyl/N-ethyl adjacent to an activating group) is 1. The monoisotopic (exact) mass is 82.1 g/mol. The first kappa shape index (κ1) is 2.31. The maximum absolute atomic E-state index is 2.37. The van der Waals surface area contributed by atoms with Crippen LogP contribution in [-0.4, -0.2) is 29.7 Å². The quantitative estimate of drug-likeness (QED) is 0.284. The summed E-state index contributed by atoms with van der Waals surface area (Å²) in [7, 11) is 2.37.